The average molecular weight is 268 g/mol. The van der Waals surface area contributed by atoms with Gasteiger partial charge in [0.2, 0.25) is 5.91 Å². The number of nitrogens with zero attached hydrogens (tertiary/aromatic N) is 1. The summed E-state index contributed by atoms with van der Waals surface area (Å²) in [5.74, 6) is -1.08. The zero-order chi connectivity index (χ0) is 13.7. The van der Waals surface area contributed by atoms with Gasteiger partial charge in [0.15, 0.2) is 0 Å². The molecule has 6 heteroatoms. The Morgan fingerprint density at radius 2 is 2.28 bits per heavy atom. The molecule has 98 valence electrons. The van der Waals surface area contributed by atoms with E-state index in [1.165, 1.54) is 0 Å². The Kier molecular flexibility index (Phi) is 5.03. The highest BCUT2D eigenvalue weighted by molar-refractivity contribution is 7.13. The van der Waals surface area contributed by atoms with E-state index in [1.54, 1.807) is 19.9 Å². The summed E-state index contributed by atoms with van der Waals surface area (Å²) in [6, 6.07) is -0.279. The predicted molar refractivity (Wildman–Crippen MR) is 69.8 cm³/mol. The summed E-state index contributed by atoms with van der Waals surface area (Å²) < 4.78 is 0. The topological polar surface area (TPSA) is 79.3 Å². The summed E-state index contributed by atoms with van der Waals surface area (Å²) in [6.07, 6.45) is 2.68. The largest absolute Gasteiger partial charge is 0.477 e. The fraction of sp³-hybridized carbons (Fsp3) is 0.417. The van der Waals surface area contributed by atoms with Crippen LogP contribution in [0.2, 0.25) is 0 Å². The van der Waals surface area contributed by atoms with Crippen LogP contribution in [0.15, 0.2) is 12.7 Å². The van der Waals surface area contributed by atoms with Crippen molar-refractivity contribution in [3.05, 3.63) is 28.2 Å². The summed E-state index contributed by atoms with van der Waals surface area (Å²) >= 11 is 1.10. The van der Waals surface area contributed by atoms with Gasteiger partial charge in [-0.3, -0.25) is 4.79 Å². The molecular formula is C12H16N2O3S. The van der Waals surface area contributed by atoms with Gasteiger partial charge in [-0.1, -0.05) is 6.08 Å². The van der Waals surface area contributed by atoms with E-state index in [1.807, 2.05) is 0 Å². The number of carbonyl (C=O) groups is 2. The third-order valence-corrected chi connectivity index (χ3v) is 3.66. The number of aromatic nitrogens is 1. The Bertz CT molecular complexity index is 468. The van der Waals surface area contributed by atoms with Crippen LogP contribution in [-0.4, -0.2) is 22.0 Å². The molecule has 2 N–H and O–H groups in total. The Hall–Kier alpha value is -1.69. The van der Waals surface area contributed by atoms with Gasteiger partial charge in [-0.05, 0) is 20.3 Å². The molecule has 1 aromatic rings. The molecule has 5 nitrogen and oxygen atoms in total. The summed E-state index contributed by atoms with van der Waals surface area (Å²) in [5, 5.41) is 12.3. The molecule has 1 unspecified atom stereocenters. The molecule has 0 aliphatic heterocycles. The van der Waals surface area contributed by atoms with Crippen molar-refractivity contribution < 1.29 is 14.7 Å². The minimum atomic E-state index is -0.985. The van der Waals surface area contributed by atoms with Crippen LogP contribution >= 0.6 is 11.3 Å². The van der Waals surface area contributed by atoms with E-state index in [9.17, 15) is 9.59 Å². The lowest BCUT2D eigenvalue weighted by atomic mass is 10.2. The fourth-order valence-corrected chi connectivity index (χ4v) is 2.32. The maximum atomic E-state index is 11.5. The maximum Gasteiger partial charge on any atom is 0.347 e. The monoisotopic (exact) mass is 268 g/mol. The highest BCUT2D eigenvalue weighted by Gasteiger charge is 2.18. The molecule has 1 atom stereocenters. The molecule has 1 aromatic heterocycles. The first kappa shape index (κ1) is 14.4. The first-order valence-corrected chi connectivity index (χ1v) is 6.38. The fourth-order valence-electron chi connectivity index (χ4n) is 1.41. The van der Waals surface area contributed by atoms with E-state index >= 15 is 0 Å². The van der Waals surface area contributed by atoms with E-state index in [4.69, 9.17) is 5.11 Å². The number of carbonyl (C=O) groups excluding carboxylic acids is 1. The molecule has 0 radical (unpaired) electrons. The number of allylic oxidation sites excluding steroid dienone is 1. The minimum Gasteiger partial charge on any atom is -0.477 e. The van der Waals surface area contributed by atoms with Crippen molar-refractivity contribution in [2.45, 2.75) is 32.7 Å². The first-order chi connectivity index (χ1) is 8.45. The van der Waals surface area contributed by atoms with Crippen LogP contribution in [-0.2, 0) is 4.79 Å². The number of carboxylic acids is 1. The van der Waals surface area contributed by atoms with Crippen LogP contribution in [0.4, 0.5) is 0 Å². The Morgan fingerprint density at radius 1 is 1.61 bits per heavy atom. The molecule has 1 heterocycles. The van der Waals surface area contributed by atoms with Crippen molar-refractivity contribution in [3.8, 4) is 0 Å². The van der Waals surface area contributed by atoms with Crippen LogP contribution in [0.1, 0.15) is 46.2 Å². The number of carboxylic acid groups (broad SMARTS) is 1. The SMILES string of the molecule is C=CCCC(=O)NC(C)c1nc(C)c(C(=O)O)s1. The minimum absolute atomic E-state index is 0.0906. The summed E-state index contributed by atoms with van der Waals surface area (Å²) in [7, 11) is 0. The van der Waals surface area contributed by atoms with Crippen LogP contribution < -0.4 is 5.32 Å². The van der Waals surface area contributed by atoms with Gasteiger partial charge in [-0.15, -0.1) is 17.9 Å². The second-order valence-corrected chi connectivity index (χ2v) is 4.92. The van der Waals surface area contributed by atoms with Gasteiger partial charge in [0.05, 0.1) is 11.7 Å². The third kappa shape index (κ3) is 3.66. The lowest BCUT2D eigenvalue weighted by Gasteiger charge is -2.10. The van der Waals surface area contributed by atoms with Gasteiger partial charge in [-0.25, -0.2) is 9.78 Å². The number of thiazole rings is 1. The van der Waals surface area contributed by atoms with E-state index in [2.05, 4.69) is 16.9 Å². The van der Waals surface area contributed by atoms with Gasteiger partial charge < -0.3 is 10.4 Å². The summed E-state index contributed by atoms with van der Waals surface area (Å²) in [5.41, 5.74) is 0.481. The Labute approximate surface area is 110 Å². The molecule has 1 rings (SSSR count). The smallest absolute Gasteiger partial charge is 0.347 e. The first-order valence-electron chi connectivity index (χ1n) is 5.56. The Morgan fingerprint density at radius 3 is 2.78 bits per heavy atom. The van der Waals surface area contributed by atoms with E-state index in [0.717, 1.165) is 11.3 Å². The molecule has 1 amide bonds. The number of hydrogen-bond acceptors (Lipinski definition) is 4. The molecule has 18 heavy (non-hydrogen) atoms. The molecule has 0 fully saturated rings. The third-order valence-electron chi connectivity index (χ3n) is 2.33. The standard InChI is InChI=1S/C12H16N2O3S/c1-4-5-6-9(15)13-8(3)11-14-7(2)10(18-11)12(16)17/h4,8H,1,5-6H2,2-3H3,(H,13,15)(H,16,17). The van der Waals surface area contributed by atoms with Crippen LogP contribution in [0.3, 0.4) is 0 Å². The lowest BCUT2D eigenvalue weighted by Crippen LogP contribution is -2.26. The molecule has 0 saturated carbocycles. The van der Waals surface area contributed by atoms with Crippen molar-refractivity contribution in [2.75, 3.05) is 0 Å². The molecule has 0 aliphatic rings. The average Bonchev–Trinajstić information content (AvgIpc) is 2.68. The van der Waals surface area contributed by atoms with Crippen molar-refractivity contribution in [3.63, 3.8) is 0 Å². The molecule has 0 spiro atoms. The zero-order valence-corrected chi connectivity index (χ0v) is 11.2. The number of amides is 1. The molecule has 0 bridgehead atoms. The van der Waals surface area contributed by atoms with Crippen molar-refractivity contribution >= 4 is 23.2 Å². The van der Waals surface area contributed by atoms with Gasteiger partial charge in [0.1, 0.15) is 9.88 Å². The van der Waals surface area contributed by atoms with Crippen molar-refractivity contribution in [2.24, 2.45) is 0 Å². The Balaban J connectivity index is 2.69. The second kappa shape index (κ2) is 6.30. The zero-order valence-electron chi connectivity index (χ0n) is 10.4. The van der Waals surface area contributed by atoms with Crippen molar-refractivity contribution in [1.82, 2.24) is 10.3 Å². The van der Waals surface area contributed by atoms with Gasteiger partial charge in [0.25, 0.3) is 0 Å². The van der Waals surface area contributed by atoms with Crippen LogP contribution in [0, 0.1) is 6.92 Å². The number of hydrogen-bond donors (Lipinski definition) is 2. The lowest BCUT2D eigenvalue weighted by molar-refractivity contribution is -0.121. The van der Waals surface area contributed by atoms with Gasteiger partial charge in [-0.2, -0.15) is 0 Å². The van der Waals surface area contributed by atoms with Crippen molar-refractivity contribution in [1.29, 1.82) is 0 Å². The van der Waals surface area contributed by atoms with E-state index in [0.29, 0.717) is 23.5 Å². The highest BCUT2D eigenvalue weighted by atomic mass is 32.1. The number of aryl methyl sites for hydroxylation is 1. The number of rotatable bonds is 6. The molecule has 0 saturated heterocycles. The maximum absolute atomic E-state index is 11.5. The van der Waals surface area contributed by atoms with Crippen LogP contribution in [0.5, 0.6) is 0 Å². The number of aromatic carboxylic acids is 1. The quantitative estimate of drug-likeness (QED) is 0.776. The van der Waals surface area contributed by atoms with E-state index < -0.39 is 5.97 Å². The molecular weight excluding hydrogens is 252 g/mol. The highest BCUT2D eigenvalue weighted by Crippen LogP contribution is 2.23. The molecule has 0 aromatic carbocycles. The normalized spacial score (nSPS) is 11.9. The van der Waals surface area contributed by atoms with Gasteiger partial charge in [0, 0.05) is 6.42 Å². The van der Waals surface area contributed by atoms with Crippen LogP contribution in [0.25, 0.3) is 0 Å². The van der Waals surface area contributed by atoms with Gasteiger partial charge >= 0.3 is 5.97 Å². The summed E-state index contributed by atoms with van der Waals surface area (Å²) in [4.78, 5) is 26.8. The second-order valence-electron chi connectivity index (χ2n) is 3.89. The predicted octanol–water partition coefficient (Wildman–Crippen LogP) is 2.29. The van der Waals surface area contributed by atoms with E-state index in [-0.39, 0.29) is 16.8 Å². The summed E-state index contributed by atoms with van der Waals surface area (Å²) in [6.45, 7) is 6.98. The molecule has 0 aliphatic carbocycles. The number of nitrogens with one attached hydrogen (secondary N) is 1.